The van der Waals surface area contributed by atoms with Gasteiger partial charge < -0.3 is 10.4 Å². The number of carbonyl (C=O) groups excluding carboxylic acids is 1. The molecule has 0 spiro atoms. The highest BCUT2D eigenvalue weighted by atomic mass is 127. The molecule has 19 heavy (non-hydrogen) atoms. The number of carboxylic acids is 1. The van der Waals surface area contributed by atoms with E-state index >= 15 is 0 Å². The zero-order chi connectivity index (χ0) is 14.5. The molecule has 0 bridgehead atoms. The molecule has 0 saturated heterocycles. The van der Waals surface area contributed by atoms with Crippen LogP contribution in [0, 0.1) is 8.99 Å². The van der Waals surface area contributed by atoms with Crippen LogP contribution in [0.1, 0.15) is 25.8 Å². The van der Waals surface area contributed by atoms with Crippen molar-refractivity contribution in [2.75, 3.05) is 6.54 Å². The van der Waals surface area contributed by atoms with Crippen LogP contribution in [-0.2, 0) is 16.0 Å². The normalized spacial score (nSPS) is 11.1. The number of hydrogen-bond acceptors (Lipinski definition) is 2. The molecule has 104 valence electrons. The van der Waals surface area contributed by atoms with Crippen LogP contribution in [0.5, 0.6) is 0 Å². The average Bonchev–Trinajstić information content (AvgIpc) is 2.31. The summed E-state index contributed by atoms with van der Waals surface area (Å²) in [6.07, 6.45) is 0.743. The first-order valence-electron chi connectivity index (χ1n) is 6.06. The van der Waals surface area contributed by atoms with Crippen LogP contribution in [0.3, 0.4) is 0 Å². The Hall–Kier alpha value is -1.11. The van der Waals surface area contributed by atoms with Crippen molar-refractivity contribution in [1.29, 1.82) is 0 Å². The second kappa shape index (κ2) is 6.88. The topological polar surface area (TPSA) is 66.4 Å². The highest BCUT2D eigenvalue weighted by Gasteiger charge is 2.26. The van der Waals surface area contributed by atoms with Gasteiger partial charge in [0.15, 0.2) is 0 Å². The standard InChI is InChI=1S/C14H18INO3/c1-14(2,13(18)19)7-8-16-12(17)9-10-5-3-4-6-11(10)15/h3-6H,7-9H2,1-2H3,(H,16,17)(H,18,19). The van der Waals surface area contributed by atoms with E-state index in [2.05, 4.69) is 27.9 Å². The molecule has 4 nitrogen and oxygen atoms in total. The van der Waals surface area contributed by atoms with Crippen LogP contribution in [-0.4, -0.2) is 23.5 Å². The summed E-state index contributed by atoms with van der Waals surface area (Å²) in [5.74, 6) is -0.926. The van der Waals surface area contributed by atoms with Gasteiger partial charge in [-0.3, -0.25) is 9.59 Å². The second-order valence-corrected chi connectivity index (χ2v) is 6.22. The molecule has 1 aromatic rings. The maximum atomic E-state index is 11.8. The first-order chi connectivity index (χ1) is 8.83. The molecule has 0 atom stereocenters. The molecule has 0 aliphatic heterocycles. The van der Waals surface area contributed by atoms with E-state index in [1.54, 1.807) is 13.8 Å². The van der Waals surface area contributed by atoms with E-state index in [9.17, 15) is 9.59 Å². The lowest BCUT2D eigenvalue weighted by molar-refractivity contribution is -0.147. The van der Waals surface area contributed by atoms with Crippen molar-refractivity contribution >= 4 is 34.5 Å². The number of rotatable bonds is 6. The number of aliphatic carboxylic acids is 1. The Balaban J connectivity index is 2.41. The minimum absolute atomic E-state index is 0.0784. The molecule has 1 rings (SSSR count). The molecule has 0 heterocycles. The molecule has 2 N–H and O–H groups in total. The van der Waals surface area contributed by atoms with Crippen molar-refractivity contribution in [2.45, 2.75) is 26.7 Å². The fraction of sp³-hybridized carbons (Fsp3) is 0.429. The predicted octanol–water partition coefficient (Wildman–Crippen LogP) is 2.45. The number of benzene rings is 1. The van der Waals surface area contributed by atoms with Crippen molar-refractivity contribution in [3.63, 3.8) is 0 Å². The monoisotopic (exact) mass is 375 g/mol. The molecule has 0 aliphatic carbocycles. The minimum atomic E-state index is -0.848. The lowest BCUT2D eigenvalue weighted by Crippen LogP contribution is -2.32. The van der Waals surface area contributed by atoms with Crippen molar-refractivity contribution in [3.05, 3.63) is 33.4 Å². The van der Waals surface area contributed by atoms with Gasteiger partial charge in [-0.25, -0.2) is 0 Å². The summed E-state index contributed by atoms with van der Waals surface area (Å²) in [5, 5.41) is 11.7. The molecule has 5 heteroatoms. The van der Waals surface area contributed by atoms with Crippen molar-refractivity contribution in [3.8, 4) is 0 Å². The quantitative estimate of drug-likeness (QED) is 0.751. The van der Waals surface area contributed by atoms with Gasteiger partial charge in [0.05, 0.1) is 11.8 Å². The molecular formula is C14H18INO3. The summed E-state index contributed by atoms with van der Waals surface area (Å²) in [7, 11) is 0. The highest BCUT2D eigenvalue weighted by molar-refractivity contribution is 14.1. The van der Waals surface area contributed by atoms with Crippen LogP contribution >= 0.6 is 22.6 Å². The lowest BCUT2D eigenvalue weighted by atomic mass is 9.90. The summed E-state index contributed by atoms with van der Waals surface area (Å²) in [6, 6.07) is 7.70. The van der Waals surface area contributed by atoms with Crippen LogP contribution in [0.2, 0.25) is 0 Å². The maximum absolute atomic E-state index is 11.8. The summed E-state index contributed by atoms with van der Waals surface area (Å²) in [4.78, 5) is 22.7. The van der Waals surface area contributed by atoms with Gasteiger partial charge in [-0.15, -0.1) is 0 Å². The molecule has 0 saturated carbocycles. The average molecular weight is 375 g/mol. The van der Waals surface area contributed by atoms with Gasteiger partial charge in [0.25, 0.3) is 0 Å². The van der Waals surface area contributed by atoms with Crippen LogP contribution in [0.4, 0.5) is 0 Å². The SMILES string of the molecule is CC(C)(CCNC(=O)Cc1ccccc1I)C(=O)O. The minimum Gasteiger partial charge on any atom is -0.481 e. The van der Waals surface area contributed by atoms with Gasteiger partial charge in [-0.05, 0) is 54.5 Å². The first kappa shape index (κ1) is 15.9. The van der Waals surface area contributed by atoms with Gasteiger partial charge in [-0.1, -0.05) is 18.2 Å². The molecular weight excluding hydrogens is 357 g/mol. The third-order valence-electron chi connectivity index (χ3n) is 2.96. The molecule has 1 aromatic carbocycles. The molecule has 0 unspecified atom stereocenters. The number of hydrogen-bond donors (Lipinski definition) is 2. The highest BCUT2D eigenvalue weighted by Crippen LogP contribution is 2.19. The number of carboxylic acid groups (broad SMARTS) is 1. The Morgan fingerprint density at radius 3 is 2.53 bits per heavy atom. The van der Waals surface area contributed by atoms with Crippen LogP contribution < -0.4 is 5.32 Å². The Kier molecular flexibility index (Phi) is 5.78. The fourth-order valence-electron chi connectivity index (χ4n) is 1.50. The zero-order valence-corrected chi connectivity index (χ0v) is 13.2. The number of halogens is 1. The van der Waals surface area contributed by atoms with E-state index in [1.807, 2.05) is 24.3 Å². The molecule has 0 aliphatic rings. The Bertz CT molecular complexity index is 472. The predicted molar refractivity (Wildman–Crippen MR) is 81.9 cm³/mol. The van der Waals surface area contributed by atoms with Crippen molar-refractivity contribution < 1.29 is 14.7 Å². The van der Waals surface area contributed by atoms with Crippen LogP contribution in [0.25, 0.3) is 0 Å². The van der Waals surface area contributed by atoms with Gasteiger partial charge in [0.1, 0.15) is 0 Å². The Morgan fingerprint density at radius 2 is 1.95 bits per heavy atom. The van der Waals surface area contributed by atoms with Crippen molar-refractivity contribution in [1.82, 2.24) is 5.32 Å². The van der Waals surface area contributed by atoms with Gasteiger partial charge >= 0.3 is 5.97 Å². The smallest absolute Gasteiger partial charge is 0.309 e. The summed E-state index contributed by atoms with van der Waals surface area (Å²) in [5.41, 5.74) is 0.173. The van der Waals surface area contributed by atoms with E-state index in [-0.39, 0.29) is 5.91 Å². The van der Waals surface area contributed by atoms with Gasteiger partial charge in [-0.2, -0.15) is 0 Å². The van der Waals surface area contributed by atoms with E-state index in [0.717, 1.165) is 9.13 Å². The number of amides is 1. The third-order valence-corrected chi connectivity index (χ3v) is 4.01. The molecule has 0 radical (unpaired) electrons. The molecule has 1 amide bonds. The van der Waals surface area contributed by atoms with E-state index in [1.165, 1.54) is 0 Å². The fourth-order valence-corrected chi connectivity index (χ4v) is 2.08. The molecule has 0 fully saturated rings. The largest absolute Gasteiger partial charge is 0.481 e. The lowest BCUT2D eigenvalue weighted by Gasteiger charge is -2.18. The van der Waals surface area contributed by atoms with E-state index in [0.29, 0.717) is 19.4 Å². The van der Waals surface area contributed by atoms with Gasteiger partial charge in [0.2, 0.25) is 5.91 Å². The van der Waals surface area contributed by atoms with E-state index in [4.69, 9.17) is 5.11 Å². The Labute approximate surface area is 126 Å². The number of nitrogens with one attached hydrogen (secondary N) is 1. The second-order valence-electron chi connectivity index (χ2n) is 5.06. The van der Waals surface area contributed by atoms with Crippen LogP contribution in [0.15, 0.2) is 24.3 Å². The van der Waals surface area contributed by atoms with Crippen molar-refractivity contribution in [2.24, 2.45) is 5.41 Å². The maximum Gasteiger partial charge on any atom is 0.309 e. The summed E-state index contributed by atoms with van der Waals surface area (Å²) >= 11 is 2.20. The third kappa shape index (κ3) is 5.18. The van der Waals surface area contributed by atoms with E-state index < -0.39 is 11.4 Å². The number of carbonyl (C=O) groups is 2. The van der Waals surface area contributed by atoms with Gasteiger partial charge in [0, 0.05) is 10.1 Å². The Morgan fingerprint density at radius 1 is 1.32 bits per heavy atom. The summed E-state index contributed by atoms with van der Waals surface area (Å²) < 4.78 is 1.06. The first-order valence-corrected chi connectivity index (χ1v) is 7.14. The molecule has 0 aromatic heterocycles. The zero-order valence-electron chi connectivity index (χ0n) is 11.1. The summed E-state index contributed by atoms with van der Waals surface area (Å²) in [6.45, 7) is 3.69.